The van der Waals surface area contributed by atoms with Crippen LogP contribution < -0.4 is 5.73 Å². The largest absolute Gasteiger partial charge is 0.324 e. The van der Waals surface area contributed by atoms with Gasteiger partial charge in [-0.25, -0.2) is 13.2 Å². The molecule has 6 heteroatoms. The van der Waals surface area contributed by atoms with Crippen molar-refractivity contribution in [3.8, 4) is 0 Å². The number of nitrogens with two attached hydrogens (primary N) is 1. The van der Waals surface area contributed by atoms with E-state index in [9.17, 15) is 13.2 Å². The molecule has 20 heavy (non-hydrogen) atoms. The molecule has 0 aliphatic rings. The highest BCUT2D eigenvalue weighted by Gasteiger charge is 2.17. The minimum Gasteiger partial charge on any atom is -0.324 e. The average Bonchev–Trinajstić information content (AvgIpc) is 2.39. The highest BCUT2D eigenvalue weighted by Crippen LogP contribution is 2.29. The van der Waals surface area contributed by atoms with Crippen LogP contribution in [0.15, 0.2) is 30.3 Å². The van der Waals surface area contributed by atoms with Gasteiger partial charge < -0.3 is 5.73 Å². The van der Waals surface area contributed by atoms with E-state index in [2.05, 4.69) is 0 Å². The van der Waals surface area contributed by atoms with Gasteiger partial charge in [0.05, 0.1) is 0 Å². The first-order valence-corrected chi connectivity index (χ1v) is 6.48. The van der Waals surface area contributed by atoms with Gasteiger partial charge in [0.1, 0.15) is 0 Å². The summed E-state index contributed by atoms with van der Waals surface area (Å²) in [4.78, 5) is 0. The van der Waals surface area contributed by atoms with Gasteiger partial charge >= 0.3 is 0 Å². The number of hydrogen-bond donors (Lipinski definition) is 1. The SMILES string of the molecule is NC(Cc1c(Cl)cccc1Cl)c1cc(F)c(F)c(F)c1. The summed E-state index contributed by atoms with van der Waals surface area (Å²) in [5.41, 5.74) is 6.59. The number of rotatable bonds is 3. The van der Waals surface area contributed by atoms with E-state index in [1.54, 1.807) is 18.2 Å². The van der Waals surface area contributed by atoms with Crippen molar-refractivity contribution in [2.24, 2.45) is 5.73 Å². The van der Waals surface area contributed by atoms with E-state index < -0.39 is 23.5 Å². The molecule has 0 aliphatic heterocycles. The molecule has 2 rings (SSSR count). The fraction of sp³-hybridized carbons (Fsp3) is 0.143. The molecule has 2 N–H and O–H groups in total. The molecule has 106 valence electrons. The van der Waals surface area contributed by atoms with Crippen molar-refractivity contribution >= 4 is 23.2 Å². The van der Waals surface area contributed by atoms with Crippen LogP contribution >= 0.6 is 23.2 Å². The summed E-state index contributed by atoms with van der Waals surface area (Å²) >= 11 is 12.0. The topological polar surface area (TPSA) is 26.0 Å². The quantitative estimate of drug-likeness (QED) is 0.818. The number of halogens is 5. The molecule has 0 spiro atoms. The number of benzene rings is 2. The Labute approximate surface area is 124 Å². The minimum absolute atomic E-state index is 0.136. The summed E-state index contributed by atoms with van der Waals surface area (Å²) in [5, 5.41) is 0.826. The van der Waals surface area contributed by atoms with Crippen molar-refractivity contribution in [2.75, 3.05) is 0 Å². The third kappa shape index (κ3) is 3.08. The molecule has 0 aromatic heterocycles. The lowest BCUT2D eigenvalue weighted by Crippen LogP contribution is -2.15. The normalized spacial score (nSPS) is 12.5. The summed E-state index contributed by atoms with van der Waals surface area (Å²) < 4.78 is 39.2. The molecule has 0 saturated carbocycles. The Bertz CT molecular complexity index is 603. The average molecular weight is 320 g/mol. The van der Waals surface area contributed by atoms with Crippen LogP contribution in [-0.2, 0) is 6.42 Å². The minimum atomic E-state index is -1.52. The van der Waals surface area contributed by atoms with Crippen LogP contribution in [-0.4, -0.2) is 0 Å². The van der Waals surface area contributed by atoms with Gasteiger partial charge in [-0.3, -0.25) is 0 Å². The van der Waals surface area contributed by atoms with Crippen molar-refractivity contribution in [2.45, 2.75) is 12.5 Å². The molecular formula is C14H10Cl2F3N. The Morgan fingerprint density at radius 3 is 2.00 bits per heavy atom. The molecule has 0 heterocycles. The van der Waals surface area contributed by atoms with E-state index >= 15 is 0 Å². The van der Waals surface area contributed by atoms with Crippen LogP contribution in [0.4, 0.5) is 13.2 Å². The second-order valence-corrected chi connectivity index (χ2v) is 5.12. The first-order chi connectivity index (χ1) is 9.40. The zero-order chi connectivity index (χ0) is 14.9. The molecule has 0 saturated heterocycles. The molecule has 0 amide bonds. The summed E-state index contributed by atoms with van der Waals surface area (Å²) in [5.74, 6) is -4.07. The molecule has 0 fully saturated rings. The van der Waals surface area contributed by atoms with Crippen molar-refractivity contribution in [1.29, 1.82) is 0 Å². The molecule has 0 radical (unpaired) electrons. The van der Waals surface area contributed by atoms with Crippen molar-refractivity contribution in [1.82, 2.24) is 0 Å². The highest BCUT2D eigenvalue weighted by atomic mass is 35.5. The maximum Gasteiger partial charge on any atom is 0.194 e. The summed E-state index contributed by atoms with van der Waals surface area (Å²) in [6, 6.07) is 5.94. The van der Waals surface area contributed by atoms with Gasteiger partial charge in [-0.2, -0.15) is 0 Å². The first kappa shape index (κ1) is 15.2. The second-order valence-electron chi connectivity index (χ2n) is 4.31. The predicted molar refractivity (Wildman–Crippen MR) is 73.4 cm³/mol. The molecule has 2 aromatic rings. The van der Waals surface area contributed by atoms with E-state index in [-0.39, 0.29) is 12.0 Å². The lowest BCUT2D eigenvalue weighted by Gasteiger charge is -2.15. The lowest BCUT2D eigenvalue weighted by atomic mass is 9.99. The highest BCUT2D eigenvalue weighted by molar-refractivity contribution is 6.36. The smallest absolute Gasteiger partial charge is 0.194 e. The van der Waals surface area contributed by atoms with Gasteiger partial charge in [-0.05, 0) is 41.8 Å². The number of hydrogen-bond acceptors (Lipinski definition) is 1. The molecule has 1 unspecified atom stereocenters. The van der Waals surface area contributed by atoms with Crippen LogP contribution in [0.3, 0.4) is 0 Å². The fourth-order valence-corrected chi connectivity index (χ4v) is 2.41. The van der Waals surface area contributed by atoms with Gasteiger partial charge in [0.25, 0.3) is 0 Å². The van der Waals surface area contributed by atoms with Gasteiger partial charge in [0, 0.05) is 16.1 Å². The Balaban J connectivity index is 2.31. The molecule has 1 atom stereocenters. The summed E-state index contributed by atoms with van der Waals surface area (Å²) in [6.07, 6.45) is 0.184. The van der Waals surface area contributed by atoms with Crippen molar-refractivity contribution in [3.63, 3.8) is 0 Å². The van der Waals surface area contributed by atoms with Crippen LogP contribution in [0, 0.1) is 17.5 Å². The first-order valence-electron chi connectivity index (χ1n) is 5.73. The molecule has 2 aromatic carbocycles. The predicted octanol–water partition coefficient (Wildman–Crippen LogP) is 4.65. The van der Waals surface area contributed by atoms with E-state index in [0.29, 0.717) is 15.6 Å². The monoisotopic (exact) mass is 319 g/mol. The lowest BCUT2D eigenvalue weighted by molar-refractivity contribution is 0.443. The summed E-state index contributed by atoms with van der Waals surface area (Å²) in [6.45, 7) is 0. The Kier molecular flexibility index (Phi) is 4.58. The zero-order valence-corrected chi connectivity index (χ0v) is 11.7. The van der Waals surface area contributed by atoms with Gasteiger partial charge in [-0.15, -0.1) is 0 Å². The third-order valence-corrected chi connectivity index (χ3v) is 3.63. The molecule has 1 nitrogen and oxygen atoms in total. The van der Waals surface area contributed by atoms with Crippen molar-refractivity contribution in [3.05, 3.63) is 69.0 Å². The molecular weight excluding hydrogens is 310 g/mol. The van der Waals surface area contributed by atoms with Crippen LogP contribution in [0.1, 0.15) is 17.2 Å². The van der Waals surface area contributed by atoms with Crippen LogP contribution in [0.5, 0.6) is 0 Å². The summed E-state index contributed by atoms with van der Waals surface area (Å²) in [7, 11) is 0. The Morgan fingerprint density at radius 2 is 1.50 bits per heavy atom. The van der Waals surface area contributed by atoms with E-state index in [4.69, 9.17) is 28.9 Å². The molecule has 0 aliphatic carbocycles. The molecule has 0 bridgehead atoms. The Hall–Kier alpha value is -1.23. The second kappa shape index (κ2) is 6.04. The maximum atomic E-state index is 13.2. The van der Waals surface area contributed by atoms with Crippen LogP contribution in [0.25, 0.3) is 0 Å². The standard InChI is InChI=1S/C14H10Cl2F3N/c15-9-2-1-3-10(16)8(9)6-13(20)7-4-11(17)14(19)12(18)5-7/h1-5,13H,6,20H2. The van der Waals surface area contributed by atoms with Gasteiger partial charge in [-0.1, -0.05) is 29.3 Å². The zero-order valence-electron chi connectivity index (χ0n) is 10.1. The fourth-order valence-electron chi connectivity index (χ4n) is 1.85. The van der Waals surface area contributed by atoms with Crippen molar-refractivity contribution < 1.29 is 13.2 Å². The van der Waals surface area contributed by atoms with Gasteiger partial charge in [0.2, 0.25) is 0 Å². The maximum absolute atomic E-state index is 13.2. The van der Waals surface area contributed by atoms with E-state index in [1.165, 1.54) is 0 Å². The third-order valence-electron chi connectivity index (χ3n) is 2.92. The van der Waals surface area contributed by atoms with Crippen LogP contribution in [0.2, 0.25) is 10.0 Å². The Morgan fingerprint density at radius 1 is 1.00 bits per heavy atom. The van der Waals surface area contributed by atoms with E-state index in [1.807, 2.05) is 0 Å². The van der Waals surface area contributed by atoms with E-state index in [0.717, 1.165) is 12.1 Å². The van der Waals surface area contributed by atoms with Gasteiger partial charge in [0.15, 0.2) is 17.5 Å².